The van der Waals surface area contributed by atoms with Crippen LogP contribution in [0.4, 0.5) is 5.69 Å². The van der Waals surface area contributed by atoms with Crippen molar-refractivity contribution in [2.75, 3.05) is 11.4 Å². The first-order valence-corrected chi connectivity index (χ1v) is 7.12. The van der Waals surface area contributed by atoms with Gasteiger partial charge in [-0.25, -0.2) is 0 Å². The number of benzene rings is 1. The standard InChI is InChI=1S/C14H19BrN2O/c1-9-4-5-13(12(15)8-9)17-10(2)6-7-16-11(3)14(17)18/h4-5,8,10-11,16H,6-7H2,1-3H3. The van der Waals surface area contributed by atoms with E-state index in [1.54, 1.807) is 0 Å². The molecule has 2 rings (SSSR count). The Balaban J connectivity index is 2.41. The van der Waals surface area contributed by atoms with E-state index in [1.165, 1.54) is 5.56 Å². The van der Waals surface area contributed by atoms with Gasteiger partial charge in [0.05, 0.1) is 11.7 Å². The second-order valence-electron chi connectivity index (χ2n) is 4.98. The first-order chi connectivity index (χ1) is 8.50. The minimum Gasteiger partial charge on any atom is -0.307 e. The number of hydrogen-bond acceptors (Lipinski definition) is 2. The van der Waals surface area contributed by atoms with E-state index in [0.29, 0.717) is 0 Å². The van der Waals surface area contributed by atoms with Crippen molar-refractivity contribution in [2.45, 2.75) is 39.3 Å². The van der Waals surface area contributed by atoms with Crippen LogP contribution in [-0.2, 0) is 4.79 Å². The fourth-order valence-electron chi connectivity index (χ4n) is 2.31. The highest BCUT2D eigenvalue weighted by Gasteiger charge is 2.30. The molecule has 1 aromatic carbocycles. The van der Waals surface area contributed by atoms with Gasteiger partial charge in [0.25, 0.3) is 0 Å². The average Bonchev–Trinajstić information content (AvgIpc) is 2.42. The van der Waals surface area contributed by atoms with Crippen molar-refractivity contribution in [2.24, 2.45) is 0 Å². The number of hydrogen-bond donors (Lipinski definition) is 1. The molecule has 98 valence electrons. The van der Waals surface area contributed by atoms with Gasteiger partial charge in [-0.1, -0.05) is 6.07 Å². The highest BCUT2D eigenvalue weighted by atomic mass is 79.9. The highest BCUT2D eigenvalue weighted by molar-refractivity contribution is 9.10. The average molecular weight is 311 g/mol. The first kappa shape index (κ1) is 13.6. The maximum Gasteiger partial charge on any atom is 0.244 e. The minimum atomic E-state index is -0.122. The van der Waals surface area contributed by atoms with Crippen molar-refractivity contribution in [1.29, 1.82) is 0 Å². The van der Waals surface area contributed by atoms with Crippen molar-refractivity contribution in [1.82, 2.24) is 5.32 Å². The SMILES string of the molecule is Cc1ccc(N2C(=O)C(C)NCCC2C)c(Br)c1. The summed E-state index contributed by atoms with van der Waals surface area (Å²) >= 11 is 3.57. The lowest BCUT2D eigenvalue weighted by atomic mass is 10.1. The Kier molecular flexibility index (Phi) is 4.07. The second kappa shape index (κ2) is 5.41. The number of nitrogens with zero attached hydrogens (tertiary/aromatic N) is 1. The molecular formula is C14H19BrN2O. The molecule has 4 heteroatoms. The summed E-state index contributed by atoms with van der Waals surface area (Å²) in [5.41, 5.74) is 2.15. The molecule has 2 atom stereocenters. The minimum absolute atomic E-state index is 0.122. The predicted molar refractivity (Wildman–Crippen MR) is 77.9 cm³/mol. The van der Waals surface area contributed by atoms with Crippen LogP contribution < -0.4 is 10.2 Å². The van der Waals surface area contributed by atoms with Gasteiger partial charge in [-0.3, -0.25) is 4.79 Å². The summed E-state index contributed by atoms with van der Waals surface area (Å²) in [7, 11) is 0. The molecule has 3 nitrogen and oxygen atoms in total. The molecule has 0 radical (unpaired) electrons. The van der Waals surface area contributed by atoms with Crippen molar-refractivity contribution >= 4 is 27.5 Å². The number of carbonyl (C=O) groups is 1. The molecule has 2 unspecified atom stereocenters. The summed E-state index contributed by atoms with van der Waals surface area (Å²) in [5, 5.41) is 3.25. The summed E-state index contributed by atoms with van der Waals surface area (Å²) in [5.74, 6) is 0.143. The van der Waals surface area contributed by atoms with E-state index in [2.05, 4.69) is 34.2 Å². The number of amides is 1. The van der Waals surface area contributed by atoms with Crippen LogP contribution in [-0.4, -0.2) is 24.5 Å². The van der Waals surface area contributed by atoms with Crippen LogP contribution in [0.3, 0.4) is 0 Å². The highest BCUT2D eigenvalue weighted by Crippen LogP contribution is 2.30. The molecule has 0 spiro atoms. The molecule has 1 aliphatic heterocycles. The normalized spacial score (nSPS) is 25.1. The molecule has 1 aromatic rings. The smallest absolute Gasteiger partial charge is 0.244 e. The van der Waals surface area contributed by atoms with Crippen LogP contribution in [0.25, 0.3) is 0 Å². The summed E-state index contributed by atoms with van der Waals surface area (Å²) in [6.07, 6.45) is 0.969. The van der Waals surface area contributed by atoms with E-state index in [-0.39, 0.29) is 18.0 Å². The fourth-order valence-corrected chi connectivity index (χ4v) is 3.00. The van der Waals surface area contributed by atoms with Gasteiger partial charge in [-0.2, -0.15) is 0 Å². The van der Waals surface area contributed by atoms with Gasteiger partial charge in [0.15, 0.2) is 0 Å². The zero-order chi connectivity index (χ0) is 13.3. The van der Waals surface area contributed by atoms with E-state index in [1.807, 2.05) is 30.9 Å². The van der Waals surface area contributed by atoms with Crippen molar-refractivity contribution in [3.63, 3.8) is 0 Å². The molecule has 0 bridgehead atoms. The van der Waals surface area contributed by atoms with E-state index in [0.717, 1.165) is 23.1 Å². The summed E-state index contributed by atoms with van der Waals surface area (Å²) < 4.78 is 0.983. The Morgan fingerprint density at radius 2 is 2.11 bits per heavy atom. The first-order valence-electron chi connectivity index (χ1n) is 6.33. The molecule has 1 amide bonds. The molecular weight excluding hydrogens is 292 g/mol. The Labute approximate surface area is 117 Å². The quantitative estimate of drug-likeness (QED) is 0.865. The number of carbonyl (C=O) groups excluding carboxylic acids is 1. The summed E-state index contributed by atoms with van der Waals surface area (Å²) in [6.45, 7) is 6.96. The number of rotatable bonds is 1. The summed E-state index contributed by atoms with van der Waals surface area (Å²) in [4.78, 5) is 14.3. The van der Waals surface area contributed by atoms with Crippen LogP contribution in [0.5, 0.6) is 0 Å². The van der Waals surface area contributed by atoms with Crippen molar-refractivity contribution in [3.8, 4) is 0 Å². The van der Waals surface area contributed by atoms with Gasteiger partial charge in [-0.15, -0.1) is 0 Å². The molecule has 18 heavy (non-hydrogen) atoms. The van der Waals surface area contributed by atoms with Gasteiger partial charge in [0.2, 0.25) is 5.91 Å². The Bertz CT molecular complexity index is 461. The van der Waals surface area contributed by atoms with Crippen LogP contribution >= 0.6 is 15.9 Å². The van der Waals surface area contributed by atoms with Gasteiger partial charge in [0.1, 0.15) is 0 Å². The lowest BCUT2D eigenvalue weighted by molar-refractivity contribution is -0.120. The van der Waals surface area contributed by atoms with Gasteiger partial charge >= 0.3 is 0 Å². The molecule has 1 heterocycles. The molecule has 1 aliphatic rings. The van der Waals surface area contributed by atoms with E-state index >= 15 is 0 Å². The summed E-state index contributed by atoms with van der Waals surface area (Å²) in [6, 6.07) is 6.21. The van der Waals surface area contributed by atoms with Crippen molar-refractivity contribution in [3.05, 3.63) is 28.2 Å². The zero-order valence-corrected chi connectivity index (χ0v) is 12.6. The lowest BCUT2D eigenvalue weighted by Gasteiger charge is -2.29. The molecule has 1 saturated heterocycles. The van der Waals surface area contributed by atoms with E-state index < -0.39 is 0 Å². The third kappa shape index (κ3) is 2.59. The molecule has 1 fully saturated rings. The Hall–Kier alpha value is -0.870. The van der Waals surface area contributed by atoms with Crippen LogP contribution in [0.1, 0.15) is 25.8 Å². The van der Waals surface area contributed by atoms with E-state index in [9.17, 15) is 4.79 Å². The molecule has 0 saturated carbocycles. The van der Waals surface area contributed by atoms with Crippen molar-refractivity contribution < 1.29 is 4.79 Å². The van der Waals surface area contributed by atoms with Crippen LogP contribution in [0, 0.1) is 6.92 Å². The number of nitrogens with one attached hydrogen (secondary N) is 1. The number of aryl methyl sites for hydroxylation is 1. The van der Waals surface area contributed by atoms with Crippen LogP contribution in [0.15, 0.2) is 22.7 Å². The Morgan fingerprint density at radius 3 is 2.78 bits per heavy atom. The third-order valence-corrected chi connectivity index (χ3v) is 4.06. The monoisotopic (exact) mass is 310 g/mol. The van der Waals surface area contributed by atoms with Crippen LogP contribution in [0.2, 0.25) is 0 Å². The topological polar surface area (TPSA) is 32.3 Å². The fraction of sp³-hybridized carbons (Fsp3) is 0.500. The Morgan fingerprint density at radius 1 is 1.39 bits per heavy atom. The lowest BCUT2D eigenvalue weighted by Crippen LogP contribution is -2.44. The third-order valence-electron chi connectivity index (χ3n) is 3.42. The van der Waals surface area contributed by atoms with E-state index in [4.69, 9.17) is 0 Å². The number of anilines is 1. The largest absolute Gasteiger partial charge is 0.307 e. The molecule has 1 N–H and O–H groups in total. The molecule has 0 aliphatic carbocycles. The van der Waals surface area contributed by atoms with Gasteiger partial charge in [0, 0.05) is 10.5 Å². The molecule has 0 aromatic heterocycles. The van der Waals surface area contributed by atoms with Gasteiger partial charge < -0.3 is 10.2 Å². The zero-order valence-electron chi connectivity index (χ0n) is 11.0. The second-order valence-corrected chi connectivity index (χ2v) is 5.83. The number of halogens is 1. The maximum absolute atomic E-state index is 12.4. The predicted octanol–water partition coefficient (Wildman–Crippen LogP) is 2.86. The van der Waals surface area contributed by atoms with Gasteiger partial charge in [-0.05, 0) is 67.4 Å². The maximum atomic E-state index is 12.4.